The first kappa shape index (κ1) is 39.0. The number of benzene rings is 3. The minimum Gasteiger partial charge on any atom is -0.494 e. The Hall–Kier alpha value is -4.83. The monoisotopic (exact) mass is 727 g/mol. The van der Waals surface area contributed by atoms with Crippen molar-refractivity contribution in [2.45, 2.75) is 53.5 Å². The Kier molecular flexibility index (Phi) is 14.1. The summed E-state index contributed by atoms with van der Waals surface area (Å²) in [6.45, 7) is 10.7. The van der Waals surface area contributed by atoms with E-state index in [0.717, 1.165) is 91.1 Å². The van der Waals surface area contributed by atoms with E-state index in [4.69, 9.17) is 33.0 Å². The van der Waals surface area contributed by atoms with Crippen LogP contribution in [0.1, 0.15) is 63.8 Å². The van der Waals surface area contributed by atoms with E-state index >= 15 is 0 Å². The van der Waals surface area contributed by atoms with Gasteiger partial charge in [-0.25, -0.2) is 9.97 Å². The van der Waals surface area contributed by atoms with Gasteiger partial charge in [0.05, 0.1) is 22.8 Å². The van der Waals surface area contributed by atoms with E-state index in [9.17, 15) is 9.59 Å². The van der Waals surface area contributed by atoms with Crippen LogP contribution < -0.4 is 15.4 Å². The van der Waals surface area contributed by atoms with Crippen LogP contribution in [0.15, 0.2) is 61.1 Å². The number of allylic oxidation sites excluding steroid dienone is 1. The van der Waals surface area contributed by atoms with E-state index in [2.05, 4.69) is 31.7 Å². The molecule has 9 nitrogen and oxygen atoms in total. The van der Waals surface area contributed by atoms with Crippen molar-refractivity contribution >= 4 is 64.1 Å². The molecule has 0 aliphatic rings. The number of carbonyl (C=O) groups excluding carboxylic acids is 2. The van der Waals surface area contributed by atoms with E-state index in [1.165, 1.54) is 0 Å². The number of carbonyl (C=O) groups is 2. The molecule has 0 aliphatic carbocycles. The number of nitrogens with one attached hydrogen (secondary N) is 2. The van der Waals surface area contributed by atoms with Crippen molar-refractivity contribution in [3.05, 3.63) is 110 Å². The smallest absolute Gasteiger partial charge is 0.207 e. The predicted molar refractivity (Wildman–Crippen MR) is 208 cm³/mol. The van der Waals surface area contributed by atoms with E-state index < -0.39 is 0 Å². The maximum absolute atomic E-state index is 11.9. The molecule has 5 aromatic rings. The second-order valence-corrected chi connectivity index (χ2v) is 12.9. The van der Waals surface area contributed by atoms with E-state index in [-0.39, 0.29) is 6.04 Å². The van der Waals surface area contributed by atoms with Crippen molar-refractivity contribution < 1.29 is 19.4 Å². The SMILES string of the molecule is CO.Cc1cc(OCCC/C(=C\c2cccc3c(C=O)ccnc23)c2ccc(Cl)c(-c3c(C)ncnc3C)c2N[C@H](C)CNC=O)cc(C)c1Cl. The summed E-state index contributed by atoms with van der Waals surface area (Å²) in [7, 11) is 1.00. The molecular formula is C40H43Cl2N5O4. The third kappa shape index (κ3) is 9.29. The lowest BCUT2D eigenvalue weighted by atomic mass is 9.90. The lowest BCUT2D eigenvalue weighted by Crippen LogP contribution is -2.30. The fourth-order valence-electron chi connectivity index (χ4n) is 6.07. The van der Waals surface area contributed by atoms with E-state index in [0.29, 0.717) is 43.0 Å². The molecule has 3 aromatic carbocycles. The maximum Gasteiger partial charge on any atom is 0.207 e. The Morgan fingerprint density at radius 3 is 2.29 bits per heavy atom. The number of pyridine rings is 1. The minimum atomic E-state index is -0.151. The van der Waals surface area contributed by atoms with Crippen molar-refractivity contribution in [2.75, 3.05) is 25.6 Å². The average Bonchev–Trinajstić information content (AvgIpc) is 3.12. The summed E-state index contributed by atoms with van der Waals surface area (Å²) >= 11 is 13.4. The molecule has 3 N–H and O–H groups in total. The average molecular weight is 729 g/mol. The number of fused-ring (bicyclic) bond motifs is 1. The Labute approximate surface area is 309 Å². The molecule has 0 unspecified atom stereocenters. The number of anilines is 1. The molecule has 2 heterocycles. The second-order valence-electron chi connectivity index (χ2n) is 12.1. The Bertz CT molecular complexity index is 2010. The number of aryl methyl sites for hydroxylation is 4. The predicted octanol–water partition coefficient (Wildman–Crippen LogP) is 8.60. The molecule has 1 atom stereocenters. The fraction of sp³-hybridized carbons (Fsp3) is 0.275. The van der Waals surface area contributed by atoms with Crippen LogP contribution in [0, 0.1) is 27.7 Å². The van der Waals surface area contributed by atoms with Crippen molar-refractivity contribution in [3.63, 3.8) is 0 Å². The van der Waals surface area contributed by atoms with Crippen LogP contribution >= 0.6 is 23.2 Å². The zero-order chi connectivity index (χ0) is 37.1. The summed E-state index contributed by atoms with van der Waals surface area (Å²) in [5.74, 6) is 0.771. The Morgan fingerprint density at radius 1 is 0.922 bits per heavy atom. The van der Waals surface area contributed by atoms with Gasteiger partial charge in [0, 0.05) is 75.5 Å². The first-order chi connectivity index (χ1) is 24.6. The van der Waals surface area contributed by atoms with Gasteiger partial charge in [-0.2, -0.15) is 0 Å². The van der Waals surface area contributed by atoms with Gasteiger partial charge in [-0.15, -0.1) is 0 Å². The zero-order valence-corrected chi connectivity index (χ0v) is 31.2. The molecule has 11 heteroatoms. The lowest BCUT2D eigenvalue weighted by molar-refractivity contribution is -0.109. The molecular weight excluding hydrogens is 685 g/mol. The number of rotatable bonds is 14. The van der Waals surface area contributed by atoms with Gasteiger partial charge in [-0.05, 0) is 94.5 Å². The number of hydrogen-bond acceptors (Lipinski definition) is 8. The Balaban J connectivity index is 0.00000286. The van der Waals surface area contributed by atoms with Crippen LogP contribution in [-0.4, -0.2) is 59.1 Å². The summed E-state index contributed by atoms with van der Waals surface area (Å²) in [5.41, 5.74) is 10.0. The van der Waals surface area contributed by atoms with Crippen molar-refractivity contribution in [2.24, 2.45) is 0 Å². The highest BCUT2D eigenvalue weighted by molar-refractivity contribution is 6.34. The summed E-state index contributed by atoms with van der Waals surface area (Å²) in [4.78, 5) is 36.7. The molecule has 51 heavy (non-hydrogen) atoms. The molecule has 0 saturated carbocycles. The summed E-state index contributed by atoms with van der Waals surface area (Å²) in [6, 6.07) is 15.2. The van der Waals surface area contributed by atoms with Crippen LogP contribution in [0.5, 0.6) is 5.75 Å². The number of para-hydroxylation sites is 1. The van der Waals surface area contributed by atoms with Gasteiger partial charge < -0.3 is 20.5 Å². The highest BCUT2D eigenvalue weighted by Crippen LogP contribution is 2.44. The molecule has 0 fully saturated rings. The van der Waals surface area contributed by atoms with E-state index in [1.807, 2.05) is 77.1 Å². The van der Waals surface area contributed by atoms with Gasteiger partial charge in [-0.1, -0.05) is 47.5 Å². The van der Waals surface area contributed by atoms with E-state index in [1.54, 1.807) is 18.6 Å². The van der Waals surface area contributed by atoms with Gasteiger partial charge in [0.25, 0.3) is 0 Å². The molecule has 0 aliphatic heterocycles. The van der Waals surface area contributed by atoms with Gasteiger partial charge in [-0.3, -0.25) is 14.6 Å². The largest absolute Gasteiger partial charge is 0.494 e. The van der Waals surface area contributed by atoms with Gasteiger partial charge in [0.2, 0.25) is 6.41 Å². The molecule has 0 saturated heterocycles. The third-order valence-corrected chi connectivity index (χ3v) is 9.35. The highest BCUT2D eigenvalue weighted by Gasteiger charge is 2.22. The number of hydrogen-bond donors (Lipinski definition) is 3. The third-order valence-electron chi connectivity index (χ3n) is 8.44. The van der Waals surface area contributed by atoms with Crippen LogP contribution in [0.25, 0.3) is 33.7 Å². The molecule has 0 spiro atoms. The quantitative estimate of drug-likeness (QED) is 0.0590. The molecule has 5 rings (SSSR count). The second kappa shape index (κ2) is 18.4. The number of nitrogens with zero attached hydrogens (tertiary/aromatic N) is 3. The summed E-state index contributed by atoms with van der Waals surface area (Å²) < 4.78 is 6.21. The molecule has 0 radical (unpaired) electrons. The molecule has 1 amide bonds. The Morgan fingerprint density at radius 2 is 1.63 bits per heavy atom. The number of amides is 1. The first-order valence-corrected chi connectivity index (χ1v) is 17.3. The van der Waals surface area contributed by atoms with Gasteiger partial charge in [0.1, 0.15) is 12.1 Å². The van der Waals surface area contributed by atoms with Crippen LogP contribution in [-0.2, 0) is 4.79 Å². The maximum atomic E-state index is 11.9. The first-order valence-electron chi connectivity index (χ1n) is 16.6. The number of aldehydes is 1. The minimum absolute atomic E-state index is 0.151. The number of aliphatic hydroxyl groups is 1. The number of ether oxygens (including phenoxy) is 1. The van der Waals surface area contributed by atoms with Crippen LogP contribution in [0.2, 0.25) is 10.0 Å². The van der Waals surface area contributed by atoms with Crippen molar-refractivity contribution in [1.29, 1.82) is 0 Å². The van der Waals surface area contributed by atoms with Gasteiger partial charge >= 0.3 is 0 Å². The highest BCUT2D eigenvalue weighted by atomic mass is 35.5. The van der Waals surface area contributed by atoms with Crippen molar-refractivity contribution in [3.8, 4) is 16.9 Å². The van der Waals surface area contributed by atoms with Crippen LogP contribution in [0.4, 0.5) is 5.69 Å². The standard InChI is InChI=1S/C39H39Cl2N5O3.CH4O/c1-23-16-31(17-24(2)37(23)41)49-15-7-9-28(18-29-8-6-10-32-30(20-47)13-14-43-38(29)32)33-11-12-34(40)36(35-26(4)44-21-45-27(35)5)39(33)46-25(3)19-42-22-48;1-2/h6,8,10-14,16-18,20-22,25,46H,7,9,15,19H2,1-5H3,(H,42,48);2H,1H3/b28-18+;/t25-;/m1./s1. The zero-order valence-electron chi connectivity index (χ0n) is 29.7. The summed E-state index contributed by atoms with van der Waals surface area (Å²) in [5, 5.41) is 15.5. The fourth-order valence-corrected chi connectivity index (χ4v) is 6.43. The topological polar surface area (TPSA) is 126 Å². The number of aliphatic hydroxyl groups excluding tert-OH is 1. The molecule has 266 valence electrons. The molecule has 2 aromatic heterocycles. The van der Waals surface area contributed by atoms with Gasteiger partial charge in [0.15, 0.2) is 6.29 Å². The summed E-state index contributed by atoms with van der Waals surface area (Å²) in [6.07, 6.45) is 8.19. The number of aromatic nitrogens is 3. The lowest BCUT2D eigenvalue weighted by Gasteiger charge is -2.25. The van der Waals surface area contributed by atoms with Crippen molar-refractivity contribution in [1.82, 2.24) is 20.3 Å². The normalized spacial score (nSPS) is 11.7. The molecule has 0 bridgehead atoms. The van der Waals surface area contributed by atoms with Crippen LogP contribution in [0.3, 0.4) is 0 Å². The number of halogens is 2.